The molecule has 7 nitrogen and oxygen atoms in total. The van der Waals surface area contributed by atoms with Crippen molar-refractivity contribution in [2.24, 2.45) is 0 Å². The molecule has 142 valence electrons. The molecule has 0 heterocycles. The molecule has 1 aromatic rings. The Morgan fingerprint density at radius 1 is 1.00 bits per heavy atom. The number of sulfonamides is 1. The van der Waals surface area contributed by atoms with Crippen molar-refractivity contribution in [3.05, 3.63) is 35.9 Å². The summed E-state index contributed by atoms with van der Waals surface area (Å²) in [5.41, 5.74) is 0.136. The summed E-state index contributed by atoms with van der Waals surface area (Å²) >= 11 is 0. The lowest BCUT2D eigenvalue weighted by Crippen LogP contribution is -2.46. The highest BCUT2D eigenvalue weighted by molar-refractivity contribution is 8.04. The second-order valence-corrected chi connectivity index (χ2v) is 9.54. The first-order chi connectivity index (χ1) is 11.9. The molecule has 0 bridgehead atoms. The maximum Gasteiger partial charge on any atom is 0.500 e. The fourth-order valence-electron chi connectivity index (χ4n) is 2.31. The second kappa shape index (κ2) is 10.8. The number of benzene rings is 1. The quantitative estimate of drug-likeness (QED) is 0.435. The van der Waals surface area contributed by atoms with E-state index < -0.39 is 23.9 Å². The highest BCUT2D eigenvalue weighted by atomic mass is 32.2. The predicted molar refractivity (Wildman–Crippen MR) is 97.8 cm³/mol. The van der Waals surface area contributed by atoms with Gasteiger partial charge in [-0.15, -0.1) is 0 Å². The van der Waals surface area contributed by atoms with Gasteiger partial charge in [-0.1, -0.05) is 30.3 Å². The van der Waals surface area contributed by atoms with Crippen molar-refractivity contribution in [1.29, 1.82) is 0 Å². The van der Waals surface area contributed by atoms with Crippen LogP contribution in [0.4, 0.5) is 0 Å². The zero-order chi connectivity index (χ0) is 18.8. The molecule has 25 heavy (non-hydrogen) atoms. The summed E-state index contributed by atoms with van der Waals surface area (Å²) in [7, 11) is -6.87. The van der Waals surface area contributed by atoms with Crippen LogP contribution in [-0.4, -0.2) is 48.7 Å². The van der Waals surface area contributed by atoms with E-state index in [0.29, 0.717) is 32.3 Å². The van der Waals surface area contributed by atoms with E-state index in [1.807, 2.05) is 20.8 Å². The molecule has 0 amide bonds. The van der Waals surface area contributed by atoms with Crippen LogP contribution in [0, 0.1) is 0 Å². The van der Waals surface area contributed by atoms with Crippen molar-refractivity contribution in [3.63, 3.8) is 0 Å². The number of rotatable bonds is 12. The molecule has 0 aliphatic rings. The van der Waals surface area contributed by atoms with Crippen molar-refractivity contribution in [2.75, 3.05) is 26.4 Å². The van der Waals surface area contributed by atoms with Gasteiger partial charge in [0, 0.05) is 38.0 Å². The smallest absolute Gasteiger partial charge is 0.374 e. The Bertz CT molecular complexity index is 606. The summed E-state index contributed by atoms with van der Waals surface area (Å²) in [6.45, 7) is 7.09. The van der Waals surface area contributed by atoms with Crippen molar-refractivity contribution in [3.8, 4) is 0 Å². The molecule has 0 atom stereocenters. The summed E-state index contributed by atoms with van der Waals surface area (Å²) < 4.78 is 43.6. The molecule has 0 aromatic heterocycles. The largest absolute Gasteiger partial charge is 0.500 e. The maximum atomic E-state index is 12.1. The molecule has 1 aromatic carbocycles. The van der Waals surface area contributed by atoms with Crippen LogP contribution < -0.4 is 4.72 Å². The van der Waals surface area contributed by atoms with Crippen LogP contribution in [0.15, 0.2) is 30.3 Å². The lowest BCUT2D eigenvalue weighted by atomic mass is 10.2. The number of carbonyl (C=O) groups excluding carboxylic acids is 1. The van der Waals surface area contributed by atoms with Gasteiger partial charge in [-0.25, -0.2) is 13.1 Å². The number of carbonyl (C=O) groups is 1. The van der Waals surface area contributed by atoms with Gasteiger partial charge >= 0.3 is 8.80 Å². The van der Waals surface area contributed by atoms with Crippen LogP contribution in [0.25, 0.3) is 0 Å². The first kappa shape index (κ1) is 21.9. The predicted octanol–water partition coefficient (Wildman–Crippen LogP) is 2.18. The van der Waals surface area contributed by atoms with Crippen LogP contribution in [0.1, 0.15) is 37.6 Å². The second-order valence-electron chi connectivity index (χ2n) is 5.14. The Labute approximate surface area is 151 Å². The van der Waals surface area contributed by atoms with E-state index >= 15 is 0 Å². The van der Waals surface area contributed by atoms with E-state index in [2.05, 4.69) is 4.72 Å². The minimum atomic E-state index is -4.06. The van der Waals surface area contributed by atoms with Crippen molar-refractivity contribution < 1.29 is 26.5 Å². The summed E-state index contributed by atoms with van der Waals surface area (Å²) in [6.07, 6.45) is 0.452. The highest BCUT2D eigenvalue weighted by Gasteiger charge is 2.39. The number of hydrogen-bond donors (Lipinski definition) is 1. The minimum absolute atomic E-state index is 0.114. The van der Waals surface area contributed by atoms with Gasteiger partial charge in [-0.2, -0.15) is 0 Å². The van der Waals surface area contributed by atoms with Crippen LogP contribution in [0.3, 0.4) is 0 Å². The van der Waals surface area contributed by atoms with E-state index in [1.165, 1.54) is 12.1 Å². The van der Waals surface area contributed by atoms with Gasteiger partial charge in [0.25, 0.3) is 15.1 Å². The Morgan fingerprint density at radius 3 is 2.00 bits per heavy atom. The molecular weight excluding hydrogens is 362 g/mol. The zero-order valence-electron chi connectivity index (χ0n) is 15.0. The van der Waals surface area contributed by atoms with Gasteiger partial charge in [0.2, 0.25) is 0 Å². The van der Waals surface area contributed by atoms with E-state index in [4.69, 9.17) is 13.3 Å². The van der Waals surface area contributed by atoms with Crippen molar-refractivity contribution in [1.82, 2.24) is 4.72 Å². The molecule has 0 aliphatic heterocycles. The van der Waals surface area contributed by atoms with Crippen molar-refractivity contribution >= 4 is 23.9 Å². The van der Waals surface area contributed by atoms with E-state index in [-0.39, 0.29) is 12.1 Å². The van der Waals surface area contributed by atoms with E-state index in [0.717, 1.165) is 0 Å². The highest BCUT2D eigenvalue weighted by Crippen LogP contribution is 2.18. The summed E-state index contributed by atoms with van der Waals surface area (Å²) in [5.74, 6) is 0. The first-order valence-corrected chi connectivity index (χ1v) is 11.8. The van der Waals surface area contributed by atoms with Crippen LogP contribution in [-0.2, 0) is 23.3 Å². The fraction of sp³-hybridized carbons (Fsp3) is 0.562. The molecule has 1 N–H and O–H groups in total. The van der Waals surface area contributed by atoms with Crippen LogP contribution >= 0.6 is 0 Å². The minimum Gasteiger partial charge on any atom is -0.374 e. The van der Waals surface area contributed by atoms with Gasteiger partial charge in [0.1, 0.15) is 0 Å². The molecule has 0 fully saturated rings. The molecule has 1 rings (SSSR count). The molecule has 0 saturated heterocycles. The lowest BCUT2D eigenvalue weighted by Gasteiger charge is -2.28. The lowest BCUT2D eigenvalue weighted by molar-refractivity contribution is 0.0709. The third-order valence-electron chi connectivity index (χ3n) is 3.30. The topological polar surface area (TPSA) is 90.9 Å². The van der Waals surface area contributed by atoms with E-state index in [1.54, 1.807) is 18.2 Å². The van der Waals surface area contributed by atoms with Gasteiger partial charge in [-0.05, 0) is 27.2 Å². The molecule has 0 saturated carbocycles. The molecule has 0 radical (unpaired) electrons. The third kappa shape index (κ3) is 6.96. The Morgan fingerprint density at radius 2 is 1.52 bits per heavy atom. The maximum absolute atomic E-state index is 12.1. The molecule has 0 unspecified atom stereocenters. The Kier molecular flexibility index (Phi) is 9.47. The van der Waals surface area contributed by atoms with Gasteiger partial charge in [0.15, 0.2) is 0 Å². The standard InChI is InChI=1S/C16H27NO6SSi/c1-4-21-25(22-5-2,23-6-3)14-10-13-17-24(19,20)16(18)15-11-8-7-9-12-15/h7-9,11-12,17H,4-6,10,13-14H2,1-3H3. The monoisotopic (exact) mass is 389 g/mol. The summed E-state index contributed by atoms with van der Waals surface area (Å²) in [4.78, 5) is 12.0. The Balaban J connectivity index is 2.60. The normalized spacial score (nSPS) is 12.3. The number of hydrogen-bond acceptors (Lipinski definition) is 6. The number of nitrogens with one attached hydrogen (secondary N) is 1. The van der Waals surface area contributed by atoms with Gasteiger partial charge in [0.05, 0.1) is 0 Å². The first-order valence-electron chi connectivity index (χ1n) is 8.41. The average Bonchev–Trinajstić information content (AvgIpc) is 2.59. The summed E-state index contributed by atoms with van der Waals surface area (Å²) in [6, 6.07) is 8.38. The Hall–Kier alpha value is -1.10. The molecule has 0 aliphatic carbocycles. The van der Waals surface area contributed by atoms with Gasteiger partial charge < -0.3 is 13.3 Å². The van der Waals surface area contributed by atoms with E-state index in [9.17, 15) is 13.2 Å². The average molecular weight is 390 g/mol. The third-order valence-corrected chi connectivity index (χ3v) is 7.76. The van der Waals surface area contributed by atoms with Crippen LogP contribution in [0.2, 0.25) is 6.04 Å². The molecule has 0 spiro atoms. The summed E-state index contributed by atoms with van der Waals surface area (Å²) in [5, 5.41) is -0.934. The molecular formula is C16H27NO6SSi. The SMILES string of the molecule is CCO[Si](CCCNS(=O)(=O)C(=O)c1ccccc1)(OCC)OCC. The van der Waals surface area contributed by atoms with Crippen LogP contribution in [0.5, 0.6) is 0 Å². The fourth-order valence-corrected chi connectivity index (χ4v) is 5.91. The van der Waals surface area contributed by atoms with Gasteiger partial charge in [-0.3, -0.25) is 4.79 Å². The zero-order valence-corrected chi connectivity index (χ0v) is 16.8. The van der Waals surface area contributed by atoms with Crippen molar-refractivity contribution in [2.45, 2.75) is 33.2 Å². The molecule has 9 heteroatoms.